The number of hydrogen-bond acceptors (Lipinski definition) is 2. The van der Waals surface area contributed by atoms with Gasteiger partial charge < -0.3 is 15.7 Å². The average molecular weight is 272 g/mol. The number of anilines is 1. The second-order valence-electron chi connectivity index (χ2n) is 4.74. The summed E-state index contributed by atoms with van der Waals surface area (Å²) in [6, 6.07) is 2.15. The molecule has 0 spiro atoms. The van der Waals surface area contributed by atoms with E-state index >= 15 is 0 Å². The van der Waals surface area contributed by atoms with E-state index in [0.29, 0.717) is 12.3 Å². The lowest BCUT2D eigenvalue weighted by atomic mass is 10.0. The fraction of sp³-hybridized carbons (Fsp3) is 0.462. The van der Waals surface area contributed by atoms with Crippen LogP contribution in [0.3, 0.4) is 0 Å². The van der Waals surface area contributed by atoms with Gasteiger partial charge in [-0.05, 0) is 24.5 Å². The van der Waals surface area contributed by atoms with Crippen LogP contribution in [0.1, 0.15) is 20.3 Å². The Morgan fingerprint density at radius 2 is 2.00 bits per heavy atom. The second kappa shape index (κ2) is 7.04. The minimum Gasteiger partial charge on any atom is -0.394 e. The second-order valence-corrected chi connectivity index (χ2v) is 4.74. The third-order valence-corrected chi connectivity index (χ3v) is 2.49. The summed E-state index contributed by atoms with van der Waals surface area (Å²) >= 11 is 0. The zero-order valence-corrected chi connectivity index (χ0v) is 10.9. The molecule has 0 heterocycles. The highest BCUT2D eigenvalue weighted by molar-refractivity contribution is 5.89. The maximum Gasteiger partial charge on any atom is 0.319 e. The summed E-state index contributed by atoms with van der Waals surface area (Å²) in [6.45, 7) is 3.76. The van der Waals surface area contributed by atoms with E-state index in [-0.39, 0.29) is 18.3 Å². The summed E-state index contributed by atoms with van der Waals surface area (Å²) in [5.74, 6) is -1.68. The molecule has 1 aromatic rings. The number of rotatable bonds is 5. The van der Waals surface area contributed by atoms with Crippen molar-refractivity contribution < 1.29 is 18.7 Å². The van der Waals surface area contributed by atoms with Gasteiger partial charge in [-0.1, -0.05) is 13.8 Å². The van der Waals surface area contributed by atoms with Gasteiger partial charge in [-0.25, -0.2) is 13.6 Å². The predicted molar refractivity (Wildman–Crippen MR) is 68.8 cm³/mol. The number of aliphatic hydroxyl groups is 1. The Bertz CT molecular complexity index is 439. The smallest absolute Gasteiger partial charge is 0.319 e. The Hall–Kier alpha value is -1.69. The van der Waals surface area contributed by atoms with Crippen LogP contribution in [0.4, 0.5) is 19.3 Å². The minimum atomic E-state index is -1.03. The van der Waals surface area contributed by atoms with Gasteiger partial charge in [-0.3, -0.25) is 0 Å². The molecule has 4 nitrogen and oxygen atoms in total. The Morgan fingerprint density at radius 3 is 2.53 bits per heavy atom. The highest BCUT2D eigenvalue weighted by atomic mass is 19.2. The SMILES string of the molecule is CC(C)CC(CO)NC(=O)Nc1ccc(F)c(F)c1. The molecule has 0 saturated heterocycles. The number of carbonyl (C=O) groups is 1. The van der Waals surface area contributed by atoms with E-state index in [1.807, 2.05) is 13.8 Å². The first-order chi connectivity index (χ1) is 8.92. The van der Waals surface area contributed by atoms with E-state index in [2.05, 4.69) is 10.6 Å². The number of hydrogen-bond donors (Lipinski definition) is 3. The van der Waals surface area contributed by atoms with Crippen molar-refractivity contribution >= 4 is 11.7 Å². The molecule has 0 bridgehead atoms. The summed E-state index contributed by atoms with van der Waals surface area (Å²) in [5.41, 5.74) is 0.151. The van der Waals surface area contributed by atoms with Gasteiger partial charge >= 0.3 is 6.03 Å². The van der Waals surface area contributed by atoms with Crippen LogP contribution in [-0.4, -0.2) is 23.8 Å². The topological polar surface area (TPSA) is 61.4 Å². The average Bonchev–Trinajstić information content (AvgIpc) is 2.32. The van der Waals surface area contributed by atoms with E-state index in [1.54, 1.807) is 0 Å². The van der Waals surface area contributed by atoms with Crippen LogP contribution in [0.15, 0.2) is 18.2 Å². The maximum absolute atomic E-state index is 12.9. The number of urea groups is 1. The largest absolute Gasteiger partial charge is 0.394 e. The normalized spacial score (nSPS) is 12.3. The summed E-state index contributed by atoms with van der Waals surface area (Å²) in [6.07, 6.45) is 0.627. The number of aliphatic hydroxyl groups excluding tert-OH is 1. The Kier molecular flexibility index (Phi) is 5.69. The molecule has 0 saturated carbocycles. The minimum absolute atomic E-state index is 0.151. The van der Waals surface area contributed by atoms with E-state index in [4.69, 9.17) is 5.11 Å². The number of amides is 2. The molecule has 0 aliphatic carbocycles. The maximum atomic E-state index is 12.9. The summed E-state index contributed by atoms with van der Waals surface area (Å²) in [5, 5.41) is 14.1. The molecule has 106 valence electrons. The van der Waals surface area contributed by atoms with Gasteiger partial charge in [0, 0.05) is 11.8 Å². The molecule has 0 aliphatic heterocycles. The van der Waals surface area contributed by atoms with Crippen LogP contribution in [-0.2, 0) is 0 Å². The van der Waals surface area contributed by atoms with Gasteiger partial charge in [-0.15, -0.1) is 0 Å². The lowest BCUT2D eigenvalue weighted by molar-refractivity contribution is 0.214. The van der Waals surface area contributed by atoms with Crippen LogP contribution in [0.25, 0.3) is 0 Å². The summed E-state index contributed by atoms with van der Waals surface area (Å²) in [4.78, 5) is 11.6. The van der Waals surface area contributed by atoms with Crippen LogP contribution in [0.5, 0.6) is 0 Å². The van der Waals surface area contributed by atoms with Crippen molar-refractivity contribution in [3.8, 4) is 0 Å². The third-order valence-electron chi connectivity index (χ3n) is 2.49. The molecule has 0 aromatic heterocycles. The van der Waals surface area contributed by atoms with Gasteiger partial charge in [0.05, 0.1) is 12.6 Å². The fourth-order valence-corrected chi connectivity index (χ4v) is 1.67. The van der Waals surface area contributed by atoms with Crippen LogP contribution < -0.4 is 10.6 Å². The number of carbonyl (C=O) groups excluding carboxylic acids is 1. The summed E-state index contributed by atoms with van der Waals surface area (Å²) in [7, 11) is 0. The van der Waals surface area contributed by atoms with Crippen LogP contribution >= 0.6 is 0 Å². The van der Waals surface area contributed by atoms with Gasteiger partial charge in [-0.2, -0.15) is 0 Å². The van der Waals surface area contributed by atoms with Crippen molar-refractivity contribution in [3.63, 3.8) is 0 Å². The zero-order valence-electron chi connectivity index (χ0n) is 10.9. The van der Waals surface area contributed by atoms with Crippen LogP contribution in [0, 0.1) is 17.6 Å². The highest BCUT2D eigenvalue weighted by Gasteiger charge is 2.13. The molecule has 0 aliphatic rings. The molecule has 1 atom stereocenters. The predicted octanol–water partition coefficient (Wildman–Crippen LogP) is 2.49. The monoisotopic (exact) mass is 272 g/mol. The van der Waals surface area contributed by atoms with Crippen molar-refractivity contribution in [3.05, 3.63) is 29.8 Å². The molecule has 2 amide bonds. The van der Waals surface area contributed by atoms with Gasteiger partial charge in [0.2, 0.25) is 0 Å². The highest BCUT2D eigenvalue weighted by Crippen LogP contribution is 2.13. The number of benzene rings is 1. The molecule has 3 N–H and O–H groups in total. The Labute approximate surface area is 110 Å². The first-order valence-corrected chi connectivity index (χ1v) is 6.05. The molecule has 1 rings (SSSR count). The summed E-state index contributed by atoms with van der Waals surface area (Å²) < 4.78 is 25.7. The van der Waals surface area contributed by atoms with Crippen molar-refractivity contribution in [1.82, 2.24) is 5.32 Å². The lowest BCUT2D eigenvalue weighted by Gasteiger charge is -2.18. The van der Waals surface area contributed by atoms with Gasteiger partial charge in [0.15, 0.2) is 11.6 Å². The molecular formula is C13H18F2N2O2. The first kappa shape index (κ1) is 15.4. The standard InChI is InChI=1S/C13H18F2N2O2/c1-8(2)5-10(7-18)17-13(19)16-9-3-4-11(14)12(15)6-9/h3-4,6,8,10,18H,5,7H2,1-2H3,(H2,16,17,19). The Morgan fingerprint density at radius 1 is 1.32 bits per heavy atom. The molecule has 6 heteroatoms. The molecule has 0 radical (unpaired) electrons. The van der Waals surface area contributed by atoms with Gasteiger partial charge in [0.25, 0.3) is 0 Å². The van der Waals surface area contributed by atoms with Crippen molar-refractivity contribution in [2.75, 3.05) is 11.9 Å². The number of halogens is 2. The molecule has 19 heavy (non-hydrogen) atoms. The first-order valence-electron chi connectivity index (χ1n) is 6.05. The zero-order chi connectivity index (χ0) is 14.4. The van der Waals surface area contributed by atoms with E-state index in [9.17, 15) is 13.6 Å². The van der Waals surface area contributed by atoms with Crippen LogP contribution in [0.2, 0.25) is 0 Å². The lowest BCUT2D eigenvalue weighted by Crippen LogP contribution is -2.41. The van der Waals surface area contributed by atoms with Gasteiger partial charge in [0.1, 0.15) is 0 Å². The molecule has 1 unspecified atom stereocenters. The third kappa shape index (κ3) is 5.21. The van der Waals surface area contributed by atoms with E-state index in [1.165, 1.54) is 6.07 Å². The fourth-order valence-electron chi connectivity index (χ4n) is 1.67. The van der Waals surface area contributed by atoms with Crippen molar-refractivity contribution in [2.24, 2.45) is 5.92 Å². The molecule has 0 fully saturated rings. The van der Waals surface area contributed by atoms with Crippen molar-refractivity contribution in [2.45, 2.75) is 26.3 Å². The molecule has 1 aromatic carbocycles. The Balaban J connectivity index is 2.56. The van der Waals surface area contributed by atoms with E-state index in [0.717, 1.165) is 12.1 Å². The van der Waals surface area contributed by atoms with E-state index < -0.39 is 17.7 Å². The van der Waals surface area contributed by atoms with Crippen molar-refractivity contribution in [1.29, 1.82) is 0 Å². The number of nitrogens with one attached hydrogen (secondary N) is 2. The quantitative estimate of drug-likeness (QED) is 0.771. The molecular weight excluding hydrogens is 254 g/mol.